The molecule has 35 heavy (non-hydrogen) atoms. The summed E-state index contributed by atoms with van der Waals surface area (Å²) < 4.78 is 6.95. The minimum absolute atomic E-state index is 0.525. The fourth-order valence-corrected chi connectivity index (χ4v) is 5.44. The lowest BCUT2D eigenvalue weighted by Gasteiger charge is -2.26. The van der Waals surface area contributed by atoms with Gasteiger partial charge in [-0.3, -0.25) is 0 Å². The molecular formula is C34H70O. The van der Waals surface area contributed by atoms with Crippen molar-refractivity contribution in [2.75, 3.05) is 0 Å². The van der Waals surface area contributed by atoms with E-state index in [0.29, 0.717) is 12.2 Å². The minimum Gasteiger partial charge on any atom is -0.375 e. The zero-order valence-corrected chi connectivity index (χ0v) is 25.4. The van der Waals surface area contributed by atoms with Gasteiger partial charge in [-0.1, -0.05) is 182 Å². The lowest BCUT2D eigenvalue weighted by Crippen LogP contribution is -2.23. The maximum absolute atomic E-state index is 6.95. The number of rotatable bonds is 30. The van der Waals surface area contributed by atoms with Crippen LogP contribution in [-0.4, -0.2) is 12.2 Å². The molecule has 0 aliphatic heterocycles. The Balaban J connectivity index is 4.54. The first-order chi connectivity index (χ1) is 17.3. The van der Waals surface area contributed by atoms with E-state index < -0.39 is 0 Å². The van der Waals surface area contributed by atoms with Crippen molar-refractivity contribution in [2.45, 2.75) is 220 Å². The lowest BCUT2D eigenvalue weighted by atomic mass is 9.99. The van der Waals surface area contributed by atoms with E-state index in [1.807, 2.05) is 0 Å². The molecule has 1 heteroatoms. The second kappa shape index (κ2) is 30.2. The van der Waals surface area contributed by atoms with Crippen molar-refractivity contribution in [1.82, 2.24) is 0 Å². The molecule has 0 spiro atoms. The van der Waals surface area contributed by atoms with Crippen molar-refractivity contribution >= 4 is 0 Å². The number of hydrogen-bond donors (Lipinski definition) is 0. The van der Waals surface area contributed by atoms with E-state index in [-0.39, 0.29) is 0 Å². The van der Waals surface area contributed by atoms with Crippen LogP contribution in [0.25, 0.3) is 0 Å². The Morgan fingerprint density at radius 3 is 0.714 bits per heavy atom. The molecule has 0 aromatic heterocycles. The van der Waals surface area contributed by atoms with Crippen LogP contribution >= 0.6 is 0 Å². The van der Waals surface area contributed by atoms with Gasteiger partial charge in [0.1, 0.15) is 0 Å². The van der Waals surface area contributed by atoms with Crippen LogP contribution in [0, 0.1) is 0 Å². The molecule has 0 aliphatic carbocycles. The topological polar surface area (TPSA) is 9.23 Å². The highest BCUT2D eigenvalue weighted by atomic mass is 16.5. The average molecular weight is 495 g/mol. The van der Waals surface area contributed by atoms with Crippen LogP contribution in [0.5, 0.6) is 0 Å². The largest absolute Gasteiger partial charge is 0.375 e. The van der Waals surface area contributed by atoms with Gasteiger partial charge in [0.2, 0.25) is 0 Å². The monoisotopic (exact) mass is 495 g/mol. The van der Waals surface area contributed by atoms with Gasteiger partial charge < -0.3 is 4.74 Å². The highest BCUT2D eigenvalue weighted by Crippen LogP contribution is 2.23. The van der Waals surface area contributed by atoms with E-state index in [2.05, 4.69) is 27.7 Å². The summed E-state index contributed by atoms with van der Waals surface area (Å²) in [6, 6.07) is 0. The second-order valence-corrected chi connectivity index (χ2v) is 11.6. The van der Waals surface area contributed by atoms with Crippen LogP contribution in [0.4, 0.5) is 0 Å². The summed E-state index contributed by atoms with van der Waals surface area (Å²) in [5.41, 5.74) is 0. The molecule has 2 atom stereocenters. The highest BCUT2D eigenvalue weighted by Gasteiger charge is 2.16. The molecule has 212 valence electrons. The van der Waals surface area contributed by atoms with Gasteiger partial charge in [0.15, 0.2) is 0 Å². The molecule has 0 amide bonds. The van der Waals surface area contributed by atoms with E-state index in [4.69, 9.17) is 4.74 Å². The summed E-state index contributed by atoms with van der Waals surface area (Å²) in [4.78, 5) is 0. The van der Waals surface area contributed by atoms with Crippen LogP contribution in [0.15, 0.2) is 0 Å². The van der Waals surface area contributed by atoms with Gasteiger partial charge in [-0.25, -0.2) is 0 Å². The lowest BCUT2D eigenvalue weighted by molar-refractivity contribution is -0.0324. The Hall–Kier alpha value is -0.0400. The fraction of sp³-hybridized carbons (Fsp3) is 1.00. The maximum atomic E-state index is 6.95. The molecule has 0 fully saturated rings. The number of unbranched alkanes of at least 4 members (excludes halogenated alkanes) is 20. The summed E-state index contributed by atoms with van der Waals surface area (Å²) in [6.45, 7) is 9.27. The third-order valence-electron chi connectivity index (χ3n) is 7.90. The molecule has 0 aliphatic rings. The predicted octanol–water partition coefficient (Wildman–Crippen LogP) is 12.7. The van der Waals surface area contributed by atoms with Gasteiger partial charge in [-0.05, 0) is 25.7 Å². The van der Waals surface area contributed by atoms with E-state index in [9.17, 15) is 0 Å². The van der Waals surface area contributed by atoms with Crippen molar-refractivity contribution in [2.24, 2.45) is 0 Å². The van der Waals surface area contributed by atoms with Crippen molar-refractivity contribution < 1.29 is 4.74 Å². The summed E-state index contributed by atoms with van der Waals surface area (Å²) in [5.74, 6) is 0. The molecule has 1 nitrogen and oxygen atoms in total. The van der Waals surface area contributed by atoms with Gasteiger partial charge in [0.05, 0.1) is 12.2 Å². The third-order valence-corrected chi connectivity index (χ3v) is 7.90. The zero-order chi connectivity index (χ0) is 25.7. The van der Waals surface area contributed by atoms with Gasteiger partial charge in [0, 0.05) is 0 Å². The summed E-state index contributed by atoms with van der Waals surface area (Å²) >= 11 is 0. The Morgan fingerprint density at radius 1 is 0.286 bits per heavy atom. The Bertz CT molecular complexity index is 332. The number of ether oxygens (including phenoxy) is 1. The van der Waals surface area contributed by atoms with E-state index >= 15 is 0 Å². The predicted molar refractivity (Wildman–Crippen MR) is 161 cm³/mol. The summed E-state index contributed by atoms with van der Waals surface area (Å²) in [5, 5.41) is 0. The first kappa shape index (κ1) is 35.0. The van der Waals surface area contributed by atoms with Crippen LogP contribution in [-0.2, 0) is 4.74 Å². The van der Waals surface area contributed by atoms with Gasteiger partial charge in [0.25, 0.3) is 0 Å². The van der Waals surface area contributed by atoms with E-state index in [1.165, 1.54) is 180 Å². The molecule has 0 saturated heterocycles. The van der Waals surface area contributed by atoms with Gasteiger partial charge in [-0.15, -0.1) is 0 Å². The molecule has 0 saturated carbocycles. The van der Waals surface area contributed by atoms with Crippen LogP contribution in [0.2, 0.25) is 0 Å². The zero-order valence-electron chi connectivity index (χ0n) is 25.4. The second-order valence-electron chi connectivity index (χ2n) is 11.6. The normalized spacial score (nSPS) is 13.4. The first-order valence-electron chi connectivity index (χ1n) is 16.9. The molecule has 0 aromatic rings. The molecule has 0 bridgehead atoms. The summed E-state index contributed by atoms with van der Waals surface area (Å²) in [6.07, 6.45) is 39.9. The third kappa shape index (κ3) is 26.8. The minimum atomic E-state index is 0.525. The molecule has 0 aromatic carbocycles. The quantitative estimate of drug-likeness (QED) is 0.0902. The van der Waals surface area contributed by atoms with Crippen molar-refractivity contribution in [3.05, 3.63) is 0 Å². The molecule has 0 heterocycles. The molecule has 2 unspecified atom stereocenters. The molecular weight excluding hydrogens is 424 g/mol. The van der Waals surface area contributed by atoms with Gasteiger partial charge >= 0.3 is 0 Å². The average Bonchev–Trinajstić information content (AvgIpc) is 2.86. The van der Waals surface area contributed by atoms with Crippen LogP contribution in [0.1, 0.15) is 207 Å². The standard InChI is InChI=1S/C34H70O/c1-5-9-13-17-19-23-27-31-33(29-25-21-15-11-7-3)35-34(30-26-22-16-12-8-4)32-28-24-20-18-14-10-6-2/h33-34H,5-32H2,1-4H3. The smallest absolute Gasteiger partial charge is 0.0578 e. The molecule has 0 rings (SSSR count). The SMILES string of the molecule is CCCCCCCCCC(CCCCCCC)OC(CCCCCCC)CCCCCCCCC. The maximum Gasteiger partial charge on any atom is 0.0578 e. The van der Waals surface area contributed by atoms with Crippen molar-refractivity contribution in [3.8, 4) is 0 Å². The molecule has 0 radical (unpaired) electrons. The van der Waals surface area contributed by atoms with E-state index in [1.54, 1.807) is 0 Å². The first-order valence-corrected chi connectivity index (χ1v) is 16.9. The molecule has 0 N–H and O–H groups in total. The fourth-order valence-electron chi connectivity index (χ4n) is 5.44. The number of hydrogen-bond acceptors (Lipinski definition) is 1. The van der Waals surface area contributed by atoms with Crippen molar-refractivity contribution in [3.63, 3.8) is 0 Å². The summed E-state index contributed by atoms with van der Waals surface area (Å²) in [7, 11) is 0. The van der Waals surface area contributed by atoms with Crippen molar-refractivity contribution in [1.29, 1.82) is 0 Å². The van der Waals surface area contributed by atoms with Crippen LogP contribution < -0.4 is 0 Å². The Morgan fingerprint density at radius 2 is 0.486 bits per heavy atom. The van der Waals surface area contributed by atoms with Crippen LogP contribution in [0.3, 0.4) is 0 Å². The Kier molecular flexibility index (Phi) is 30.2. The van der Waals surface area contributed by atoms with E-state index in [0.717, 1.165) is 0 Å². The Labute approximate surface area is 224 Å². The van der Waals surface area contributed by atoms with Gasteiger partial charge in [-0.2, -0.15) is 0 Å². The highest BCUT2D eigenvalue weighted by molar-refractivity contribution is 4.67.